The molecule has 0 bridgehead atoms. The van der Waals surface area contributed by atoms with Crippen LogP contribution in [0.5, 0.6) is 5.75 Å². The largest absolute Gasteiger partial charge is 0.491 e. The van der Waals surface area contributed by atoms with Crippen LogP contribution in [-0.4, -0.2) is 23.7 Å². The number of hydrogen-bond acceptors (Lipinski definition) is 3. The summed E-state index contributed by atoms with van der Waals surface area (Å²) >= 11 is 0. The van der Waals surface area contributed by atoms with Gasteiger partial charge in [0.25, 0.3) is 0 Å². The van der Waals surface area contributed by atoms with Gasteiger partial charge in [0, 0.05) is 6.42 Å². The highest BCUT2D eigenvalue weighted by Gasteiger charge is 2.13. The molecular formula is C16H18ClNO3. The highest BCUT2D eigenvalue weighted by molar-refractivity contribution is 5.85. The standard InChI is InChI=1S/C16H17NO3.ClH/c17-14(16(18)19)11-20-15-9-5-4-8-13(15)10-12-6-2-1-3-7-12;/h1-9,14H,10-11,17H2,(H,18,19);1H. The topological polar surface area (TPSA) is 72.5 Å². The van der Waals surface area contributed by atoms with Gasteiger partial charge in [-0.05, 0) is 17.2 Å². The molecule has 1 unspecified atom stereocenters. The number of para-hydroxylation sites is 1. The molecule has 2 aromatic rings. The van der Waals surface area contributed by atoms with Crippen LogP contribution in [0.1, 0.15) is 11.1 Å². The molecule has 0 saturated carbocycles. The van der Waals surface area contributed by atoms with Crippen LogP contribution in [0.3, 0.4) is 0 Å². The zero-order valence-corrected chi connectivity index (χ0v) is 12.3. The SMILES string of the molecule is Cl.NC(COc1ccccc1Cc1ccccc1)C(=O)O. The molecular weight excluding hydrogens is 290 g/mol. The maximum Gasteiger partial charge on any atom is 0.324 e. The molecule has 5 heteroatoms. The molecule has 0 saturated heterocycles. The van der Waals surface area contributed by atoms with Crippen molar-refractivity contribution in [3.05, 3.63) is 65.7 Å². The number of carboxylic acids is 1. The smallest absolute Gasteiger partial charge is 0.324 e. The summed E-state index contributed by atoms with van der Waals surface area (Å²) in [6, 6.07) is 16.6. The van der Waals surface area contributed by atoms with Gasteiger partial charge < -0.3 is 15.6 Å². The second-order valence-corrected chi connectivity index (χ2v) is 4.53. The van der Waals surface area contributed by atoms with Gasteiger partial charge in [-0.15, -0.1) is 12.4 Å². The van der Waals surface area contributed by atoms with E-state index in [1.54, 1.807) is 0 Å². The molecule has 21 heavy (non-hydrogen) atoms. The summed E-state index contributed by atoms with van der Waals surface area (Å²) in [7, 11) is 0. The zero-order valence-electron chi connectivity index (χ0n) is 11.4. The Balaban J connectivity index is 0.00000220. The number of rotatable bonds is 6. The van der Waals surface area contributed by atoms with Crippen LogP contribution in [-0.2, 0) is 11.2 Å². The number of aliphatic carboxylic acids is 1. The van der Waals surface area contributed by atoms with Crippen LogP contribution < -0.4 is 10.5 Å². The van der Waals surface area contributed by atoms with Crippen molar-refractivity contribution in [1.29, 1.82) is 0 Å². The van der Waals surface area contributed by atoms with E-state index in [1.807, 2.05) is 54.6 Å². The molecule has 112 valence electrons. The number of carboxylic acid groups (broad SMARTS) is 1. The third-order valence-electron chi connectivity index (χ3n) is 2.95. The Labute approximate surface area is 130 Å². The number of carbonyl (C=O) groups is 1. The molecule has 0 aliphatic rings. The quantitative estimate of drug-likeness (QED) is 0.860. The fraction of sp³-hybridized carbons (Fsp3) is 0.188. The summed E-state index contributed by atoms with van der Waals surface area (Å²) in [5.74, 6) is -0.390. The van der Waals surface area contributed by atoms with Gasteiger partial charge in [-0.2, -0.15) is 0 Å². The average Bonchev–Trinajstić information content (AvgIpc) is 2.47. The first kappa shape index (κ1) is 17.0. The van der Waals surface area contributed by atoms with E-state index >= 15 is 0 Å². The van der Waals surface area contributed by atoms with Gasteiger partial charge in [0.05, 0.1) is 0 Å². The van der Waals surface area contributed by atoms with Gasteiger partial charge in [0.1, 0.15) is 18.4 Å². The number of ether oxygens (including phenoxy) is 1. The summed E-state index contributed by atoms with van der Waals surface area (Å²) in [4.78, 5) is 10.7. The van der Waals surface area contributed by atoms with E-state index in [4.69, 9.17) is 15.6 Å². The summed E-state index contributed by atoms with van der Waals surface area (Å²) in [6.45, 7) is -0.0405. The first-order valence-electron chi connectivity index (χ1n) is 6.40. The predicted octanol–water partition coefficient (Wildman–Crippen LogP) is 2.49. The van der Waals surface area contributed by atoms with Crippen molar-refractivity contribution in [2.24, 2.45) is 5.73 Å². The minimum atomic E-state index is -1.06. The Morgan fingerprint density at radius 2 is 1.71 bits per heavy atom. The molecule has 1 atom stereocenters. The Bertz CT molecular complexity index is 575. The molecule has 0 radical (unpaired) electrons. The van der Waals surface area contributed by atoms with Gasteiger partial charge in [0.15, 0.2) is 0 Å². The molecule has 2 rings (SSSR count). The lowest BCUT2D eigenvalue weighted by Gasteiger charge is -2.13. The van der Waals surface area contributed by atoms with E-state index in [2.05, 4.69) is 0 Å². The van der Waals surface area contributed by atoms with Crippen LogP contribution in [0.25, 0.3) is 0 Å². The lowest BCUT2D eigenvalue weighted by molar-refractivity contribution is -0.139. The maximum atomic E-state index is 10.7. The van der Waals surface area contributed by atoms with Crippen LogP contribution in [0.2, 0.25) is 0 Å². The molecule has 0 aliphatic heterocycles. The summed E-state index contributed by atoms with van der Waals surface area (Å²) in [5.41, 5.74) is 7.63. The second-order valence-electron chi connectivity index (χ2n) is 4.53. The van der Waals surface area contributed by atoms with E-state index < -0.39 is 12.0 Å². The molecule has 0 spiro atoms. The monoisotopic (exact) mass is 307 g/mol. The number of hydrogen-bond donors (Lipinski definition) is 2. The van der Waals surface area contributed by atoms with E-state index in [-0.39, 0.29) is 19.0 Å². The van der Waals surface area contributed by atoms with Crippen molar-refractivity contribution in [1.82, 2.24) is 0 Å². The average molecular weight is 308 g/mol. The number of benzene rings is 2. The fourth-order valence-corrected chi connectivity index (χ4v) is 1.86. The van der Waals surface area contributed by atoms with Crippen molar-refractivity contribution < 1.29 is 14.6 Å². The minimum absolute atomic E-state index is 0. The zero-order chi connectivity index (χ0) is 14.4. The lowest BCUT2D eigenvalue weighted by atomic mass is 10.0. The fourth-order valence-electron chi connectivity index (χ4n) is 1.86. The highest BCUT2D eigenvalue weighted by atomic mass is 35.5. The maximum absolute atomic E-state index is 10.7. The molecule has 2 aromatic carbocycles. The summed E-state index contributed by atoms with van der Waals surface area (Å²) in [5, 5.41) is 8.76. The van der Waals surface area contributed by atoms with Gasteiger partial charge >= 0.3 is 5.97 Å². The van der Waals surface area contributed by atoms with Gasteiger partial charge in [0.2, 0.25) is 0 Å². The third-order valence-corrected chi connectivity index (χ3v) is 2.95. The minimum Gasteiger partial charge on any atom is -0.491 e. The van der Waals surface area contributed by atoms with Crippen molar-refractivity contribution in [2.75, 3.05) is 6.61 Å². The summed E-state index contributed by atoms with van der Waals surface area (Å²) < 4.78 is 5.53. The first-order chi connectivity index (χ1) is 9.66. The van der Waals surface area contributed by atoms with Crippen molar-refractivity contribution in [2.45, 2.75) is 12.5 Å². The molecule has 0 amide bonds. The van der Waals surface area contributed by atoms with Gasteiger partial charge in [-0.1, -0.05) is 48.5 Å². The number of nitrogens with two attached hydrogens (primary N) is 1. The van der Waals surface area contributed by atoms with Gasteiger partial charge in [-0.3, -0.25) is 4.79 Å². The van der Waals surface area contributed by atoms with Crippen molar-refractivity contribution >= 4 is 18.4 Å². The molecule has 3 N–H and O–H groups in total. The van der Waals surface area contributed by atoms with E-state index in [9.17, 15) is 4.79 Å². The molecule has 4 nitrogen and oxygen atoms in total. The van der Waals surface area contributed by atoms with Crippen LogP contribution in [0.4, 0.5) is 0 Å². The van der Waals surface area contributed by atoms with Crippen LogP contribution in [0, 0.1) is 0 Å². The molecule has 0 aromatic heterocycles. The van der Waals surface area contributed by atoms with Gasteiger partial charge in [-0.25, -0.2) is 0 Å². The predicted molar refractivity (Wildman–Crippen MR) is 84.0 cm³/mol. The molecule has 0 heterocycles. The third kappa shape index (κ3) is 5.10. The lowest BCUT2D eigenvalue weighted by Crippen LogP contribution is -2.36. The van der Waals surface area contributed by atoms with E-state index in [0.29, 0.717) is 5.75 Å². The Morgan fingerprint density at radius 3 is 2.38 bits per heavy atom. The van der Waals surface area contributed by atoms with Crippen LogP contribution in [0.15, 0.2) is 54.6 Å². The highest BCUT2D eigenvalue weighted by Crippen LogP contribution is 2.21. The van der Waals surface area contributed by atoms with Crippen molar-refractivity contribution in [3.63, 3.8) is 0 Å². The second kappa shape index (κ2) is 8.29. The number of halogens is 1. The van der Waals surface area contributed by atoms with Crippen molar-refractivity contribution in [3.8, 4) is 5.75 Å². The Hall–Kier alpha value is -2.04. The van der Waals surface area contributed by atoms with E-state index in [1.165, 1.54) is 5.56 Å². The van der Waals surface area contributed by atoms with Crippen LogP contribution >= 0.6 is 12.4 Å². The Kier molecular flexibility index (Phi) is 6.72. The van der Waals surface area contributed by atoms with E-state index in [0.717, 1.165) is 12.0 Å². The summed E-state index contributed by atoms with van der Waals surface area (Å²) in [6.07, 6.45) is 0.735. The first-order valence-corrected chi connectivity index (χ1v) is 6.40. The normalized spacial score (nSPS) is 11.3. The molecule has 0 aliphatic carbocycles. The molecule has 0 fully saturated rings. The Morgan fingerprint density at radius 1 is 1.10 bits per heavy atom.